The molecule has 2 aliphatic heterocycles. The smallest absolute Gasteiger partial charge is 0.249 e. The van der Waals surface area contributed by atoms with Crippen LogP contribution in [0.25, 0.3) is 59.1 Å². The molecule has 0 saturated carbocycles. The van der Waals surface area contributed by atoms with Crippen molar-refractivity contribution in [1.82, 2.24) is 4.57 Å². The maximum Gasteiger partial charge on any atom is 0.249 e. The van der Waals surface area contributed by atoms with Crippen LogP contribution in [0.2, 0.25) is 0 Å². The highest BCUT2D eigenvalue weighted by Gasteiger charge is 2.39. The van der Waals surface area contributed by atoms with Gasteiger partial charge < -0.3 is 4.57 Å². The first-order valence-corrected chi connectivity index (χ1v) is 17.7. The van der Waals surface area contributed by atoms with Crippen molar-refractivity contribution >= 4 is 78.1 Å². The van der Waals surface area contributed by atoms with Crippen LogP contribution in [0.1, 0.15) is 26.3 Å². The third kappa shape index (κ3) is 3.66. The number of rotatable bonds is 2. The molecule has 0 amide bonds. The summed E-state index contributed by atoms with van der Waals surface area (Å²) in [7, 11) is 0. The van der Waals surface area contributed by atoms with Gasteiger partial charge in [0.25, 0.3) is 0 Å². The summed E-state index contributed by atoms with van der Waals surface area (Å²) in [5, 5.41) is 4.00. The fourth-order valence-corrected chi connectivity index (χ4v) is 10.3. The SMILES string of the molecule is CC(C)(C)c1ccc2sc(-c3ccccc3)c(-c3cc4c5c(c3)-n3c6ccccc6c6cccc(c63)B5c3ccccc3S4)c2c1. The zero-order valence-electron chi connectivity index (χ0n) is 26.0. The number of benzene rings is 6. The third-order valence-corrected chi connectivity index (χ3v) is 12.4. The second-order valence-corrected chi connectivity index (χ2v) is 15.8. The van der Waals surface area contributed by atoms with Crippen LogP contribution in [0.3, 0.4) is 0 Å². The molecule has 0 spiro atoms. The Bertz CT molecular complexity index is 2550. The Balaban J connectivity index is 1.36. The largest absolute Gasteiger partial charge is 0.310 e. The number of hydrogen-bond donors (Lipinski definition) is 0. The zero-order valence-corrected chi connectivity index (χ0v) is 27.6. The van der Waals surface area contributed by atoms with E-state index in [0.717, 1.165) is 0 Å². The van der Waals surface area contributed by atoms with Gasteiger partial charge in [0.2, 0.25) is 6.71 Å². The van der Waals surface area contributed by atoms with Crippen LogP contribution < -0.4 is 16.4 Å². The molecular formula is C42H30BNS2. The maximum absolute atomic E-state index is 2.57. The van der Waals surface area contributed by atoms with Crippen LogP contribution in [0.15, 0.2) is 137 Å². The summed E-state index contributed by atoms with van der Waals surface area (Å²) in [6.45, 7) is 7.15. The molecule has 0 bridgehead atoms. The van der Waals surface area contributed by atoms with Crippen LogP contribution in [0, 0.1) is 0 Å². The first-order valence-electron chi connectivity index (χ1n) is 16.1. The van der Waals surface area contributed by atoms with Crippen molar-refractivity contribution in [1.29, 1.82) is 0 Å². The van der Waals surface area contributed by atoms with Crippen LogP contribution in [-0.4, -0.2) is 11.3 Å². The molecule has 10 rings (SSSR count). The monoisotopic (exact) mass is 623 g/mol. The normalized spacial score (nSPS) is 13.4. The van der Waals surface area contributed by atoms with Gasteiger partial charge in [0, 0.05) is 52.3 Å². The fraction of sp³-hybridized carbons (Fsp3) is 0.0952. The van der Waals surface area contributed by atoms with Crippen molar-refractivity contribution in [2.75, 3.05) is 0 Å². The van der Waals surface area contributed by atoms with Crippen molar-refractivity contribution in [3.63, 3.8) is 0 Å². The molecule has 2 aliphatic rings. The molecule has 0 radical (unpaired) electrons. The van der Waals surface area contributed by atoms with E-state index < -0.39 is 0 Å². The molecule has 0 saturated heterocycles. The summed E-state index contributed by atoms with van der Waals surface area (Å²) in [5.41, 5.74) is 13.5. The standard InChI is InChI=1S/C42H30BNS2/c1-42(2,3)27-20-21-35-30(24-27)38(41(46-35)25-12-5-4-6-13-25)26-22-34-39-37(23-26)45-36-19-10-8-16-31(36)43(39)32-17-11-15-29-28-14-7-9-18-33(28)44(34)40(29)32/h4-24H,1-3H3. The van der Waals surface area contributed by atoms with E-state index in [2.05, 4.69) is 153 Å². The Labute approximate surface area is 277 Å². The van der Waals surface area contributed by atoms with Crippen LogP contribution in [0.4, 0.5) is 0 Å². The number of aromatic nitrogens is 1. The molecule has 1 nitrogen and oxygen atoms in total. The third-order valence-electron chi connectivity index (χ3n) is 10.0. The number of hydrogen-bond acceptors (Lipinski definition) is 2. The summed E-state index contributed by atoms with van der Waals surface area (Å²) in [6, 6.07) is 48.1. The minimum Gasteiger partial charge on any atom is -0.310 e. The number of para-hydroxylation sites is 2. The molecule has 0 atom stereocenters. The van der Waals surface area contributed by atoms with Gasteiger partial charge >= 0.3 is 0 Å². The van der Waals surface area contributed by atoms with Crippen molar-refractivity contribution in [2.45, 2.75) is 36.0 Å². The summed E-state index contributed by atoms with van der Waals surface area (Å²) >= 11 is 3.86. The highest BCUT2D eigenvalue weighted by atomic mass is 32.2. The van der Waals surface area contributed by atoms with E-state index in [0.29, 0.717) is 0 Å². The average molecular weight is 624 g/mol. The van der Waals surface area contributed by atoms with Crippen LogP contribution in [-0.2, 0) is 5.41 Å². The molecule has 0 unspecified atom stereocenters. The van der Waals surface area contributed by atoms with Gasteiger partial charge in [0.15, 0.2) is 0 Å². The minimum atomic E-state index is 0.0638. The molecule has 218 valence electrons. The highest BCUT2D eigenvalue weighted by molar-refractivity contribution is 8.00. The lowest BCUT2D eigenvalue weighted by molar-refractivity contribution is 0.591. The van der Waals surface area contributed by atoms with Gasteiger partial charge in [-0.15, -0.1) is 11.3 Å². The molecule has 6 aromatic carbocycles. The molecule has 46 heavy (non-hydrogen) atoms. The van der Waals surface area contributed by atoms with E-state index in [1.165, 1.54) is 90.9 Å². The van der Waals surface area contributed by atoms with E-state index >= 15 is 0 Å². The lowest BCUT2D eigenvalue weighted by atomic mass is 9.35. The van der Waals surface area contributed by atoms with E-state index in [-0.39, 0.29) is 12.1 Å². The van der Waals surface area contributed by atoms with Gasteiger partial charge in [0.1, 0.15) is 0 Å². The van der Waals surface area contributed by atoms with E-state index in [1.807, 2.05) is 23.1 Å². The molecule has 4 heterocycles. The predicted molar refractivity (Wildman–Crippen MR) is 201 cm³/mol. The fourth-order valence-electron chi connectivity index (χ4n) is 7.90. The van der Waals surface area contributed by atoms with Gasteiger partial charge in [-0.25, -0.2) is 0 Å². The Morgan fingerprint density at radius 1 is 0.609 bits per heavy atom. The average Bonchev–Trinajstić information content (AvgIpc) is 3.63. The number of nitrogens with zero attached hydrogens (tertiary/aromatic N) is 1. The lowest BCUT2D eigenvalue weighted by Gasteiger charge is -2.33. The highest BCUT2D eigenvalue weighted by Crippen LogP contribution is 2.48. The van der Waals surface area contributed by atoms with Crippen molar-refractivity contribution in [3.8, 4) is 27.3 Å². The van der Waals surface area contributed by atoms with Gasteiger partial charge in [-0.3, -0.25) is 0 Å². The molecule has 2 aromatic heterocycles. The van der Waals surface area contributed by atoms with Gasteiger partial charge in [-0.05, 0) is 69.4 Å². The van der Waals surface area contributed by atoms with Gasteiger partial charge in [-0.2, -0.15) is 0 Å². The van der Waals surface area contributed by atoms with Crippen molar-refractivity contribution in [2.24, 2.45) is 0 Å². The molecule has 0 N–H and O–H groups in total. The quantitative estimate of drug-likeness (QED) is 0.174. The lowest BCUT2D eigenvalue weighted by Crippen LogP contribution is -2.58. The molecule has 0 fully saturated rings. The van der Waals surface area contributed by atoms with Crippen molar-refractivity contribution < 1.29 is 0 Å². The second-order valence-electron chi connectivity index (χ2n) is 13.7. The molecule has 4 heteroatoms. The van der Waals surface area contributed by atoms with E-state index in [4.69, 9.17) is 0 Å². The summed E-state index contributed by atoms with van der Waals surface area (Å²) in [5.74, 6) is 0. The molecular weight excluding hydrogens is 593 g/mol. The van der Waals surface area contributed by atoms with Gasteiger partial charge in [0.05, 0.1) is 5.52 Å². The Kier molecular flexibility index (Phi) is 5.52. The number of fused-ring (bicyclic) bond motifs is 8. The van der Waals surface area contributed by atoms with E-state index in [1.54, 1.807) is 0 Å². The molecule has 8 aromatic rings. The summed E-state index contributed by atoms with van der Waals surface area (Å²) in [6.07, 6.45) is 0. The first-order chi connectivity index (χ1) is 22.5. The summed E-state index contributed by atoms with van der Waals surface area (Å²) < 4.78 is 3.91. The second kappa shape index (κ2) is 9.51. The summed E-state index contributed by atoms with van der Waals surface area (Å²) in [4.78, 5) is 4.06. The predicted octanol–water partition coefficient (Wildman–Crippen LogP) is 9.92. The molecule has 0 aliphatic carbocycles. The zero-order chi connectivity index (χ0) is 30.7. The van der Waals surface area contributed by atoms with Crippen LogP contribution in [0.5, 0.6) is 0 Å². The minimum absolute atomic E-state index is 0.0638. The maximum atomic E-state index is 2.57. The van der Waals surface area contributed by atoms with E-state index in [9.17, 15) is 0 Å². The van der Waals surface area contributed by atoms with Crippen LogP contribution >= 0.6 is 23.1 Å². The number of thiophene rings is 1. The van der Waals surface area contributed by atoms with Crippen molar-refractivity contribution in [3.05, 3.63) is 133 Å². The topological polar surface area (TPSA) is 4.93 Å². The Morgan fingerprint density at radius 3 is 2.24 bits per heavy atom. The Hall–Kier alpha value is -4.51. The Morgan fingerprint density at radius 2 is 1.37 bits per heavy atom. The first kappa shape index (κ1) is 26.7. The van der Waals surface area contributed by atoms with Gasteiger partial charge in [-0.1, -0.05) is 129 Å².